The summed E-state index contributed by atoms with van der Waals surface area (Å²) in [6.45, 7) is 8.37. The second-order valence-electron chi connectivity index (χ2n) is 6.22. The molecular weight excluding hydrogens is 316 g/mol. The highest BCUT2D eigenvalue weighted by molar-refractivity contribution is 6.28. The second kappa shape index (κ2) is 7.00. The van der Waals surface area contributed by atoms with E-state index in [9.17, 15) is 4.79 Å². The highest BCUT2D eigenvalue weighted by atomic mass is 35.5. The van der Waals surface area contributed by atoms with Gasteiger partial charge in [-0.15, -0.1) is 0 Å². The predicted octanol–water partition coefficient (Wildman–Crippen LogP) is 3.53. The number of aromatic nitrogens is 2. The number of hydrogen-bond acceptors (Lipinski definition) is 5. The first-order valence-electron chi connectivity index (χ1n) is 7.39. The Bertz CT molecular complexity index is 713. The summed E-state index contributed by atoms with van der Waals surface area (Å²) in [6, 6.07) is 5.87. The molecule has 0 radical (unpaired) electrons. The number of anilines is 1. The molecule has 0 saturated carbocycles. The summed E-state index contributed by atoms with van der Waals surface area (Å²) in [5, 5.41) is 6.93. The van der Waals surface area contributed by atoms with Gasteiger partial charge in [0.25, 0.3) is 0 Å². The van der Waals surface area contributed by atoms with Crippen molar-refractivity contribution in [2.24, 2.45) is 0 Å². The van der Waals surface area contributed by atoms with Gasteiger partial charge >= 0.3 is 6.09 Å². The molecule has 0 spiro atoms. The van der Waals surface area contributed by atoms with Gasteiger partial charge in [0.05, 0.1) is 5.52 Å². The zero-order chi connectivity index (χ0) is 17.0. The van der Waals surface area contributed by atoms with E-state index in [1.165, 1.54) is 0 Å². The molecule has 2 N–H and O–H groups in total. The first-order chi connectivity index (χ1) is 10.7. The monoisotopic (exact) mass is 336 g/mol. The van der Waals surface area contributed by atoms with E-state index in [1.807, 2.05) is 45.9 Å². The average Bonchev–Trinajstić information content (AvgIpc) is 2.42. The van der Waals surface area contributed by atoms with Crippen molar-refractivity contribution < 1.29 is 9.53 Å². The number of benzene rings is 1. The van der Waals surface area contributed by atoms with Gasteiger partial charge in [0.15, 0.2) is 0 Å². The molecule has 0 bridgehead atoms. The number of halogens is 1. The molecule has 1 amide bonds. The van der Waals surface area contributed by atoms with E-state index < -0.39 is 11.7 Å². The third-order valence-electron chi connectivity index (χ3n) is 2.91. The summed E-state index contributed by atoms with van der Waals surface area (Å²) in [6.07, 6.45) is -0.444. The number of aryl methyl sites for hydroxylation is 1. The highest BCUT2D eigenvalue weighted by Gasteiger charge is 2.15. The minimum atomic E-state index is -0.509. The van der Waals surface area contributed by atoms with Crippen LogP contribution in [0, 0.1) is 6.92 Å². The summed E-state index contributed by atoms with van der Waals surface area (Å²) in [5.41, 5.74) is 1.38. The summed E-state index contributed by atoms with van der Waals surface area (Å²) < 4.78 is 5.17. The number of carbonyl (C=O) groups is 1. The van der Waals surface area contributed by atoms with E-state index in [1.54, 1.807) is 0 Å². The number of hydrogen-bond donors (Lipinski definition) is 2. The Labute approximate surface area is 140 Å². The Morgan fingerprint density at radius 3 is 2.70 bits per heavy atom. The van der Waals surface area contributed by atoms with Crippen LogP contribution in [-0.4, -0.2) is 34.8 Å². The Balaban J connectivity index is 1.97. The normalized spacial score (nSPS) is 11.3. The molecule has 0 saturated heterocycles. The van der Waals surface area contributed by atoms with Gasteiger partial charge in [0, 0.05) is 18.5 Å². The third-order valence-corrected chi connectivity index (χ3v) is 3.08. The van der Waals surface area contributed by atoms with Crippen LogP contribution in [0.25, 0.3) is 10.9 Å². The van der Waals surface area contributed by atoms with E-state index in [0.29, 0.717) is 18.9 Å². The Kier molecular flexibility index (Phi) is 5.26. The summed E-state index contributed by atoms with van der Waals surface area (Å²) >= 11 is 5.95. The summed E-state index contributed by atoms with van der Waals surface area (Å²) in [4.78, 5) is 20.0. The Morgan fingerprint density at radius 2 is 2.00 bits per heavy atom. The van der Waals surface area contributed by atoms with E-state index >= 15 is 0 Å². The van der Waals surface area contributed by atoms with Crippen molar-refractivity contribution in [2.45, 2.75) is 33.3 Å². The molecule has 0 atom stereocenters. The lowest BCUT2D eigenvalue weighted by Crippen LogP contribution is -2.35. The molecule has 23 heavy (non-hydrogen) atoms. The lowest BCUT2D eigenvalue weighted by Gasteiger charge is -2.19. The topological polar surface area (TPSA) is 76.1 Å². The van der Waals surface area contributed by atoms with Crippen molar-refractivity contribution >= 4 is 34.4 Å². The zero-order valence-electron chi connectivity index (χ0n) is 13.7. The Hall–Kier alpha value is -2.08. The maximum Gasteiger partial charge on any atom is 0.407 e. The van der Waals surface area contributed by atoms with Crippen molar-refractivity contribution in [3.8, 4) is 0 Å². The Morgan fingerprint density at radius 1 is 1.26 bits per heavy atom. The van der Waals surface area contributed by atoms with Crippen molar-refractivity contribution in [2.75, 3.05) is 18.4 Å². The third kappa shape index (κ3) is 5.25. The van der Waals surface area contributed by atoms with Gasteiger partial charge in [0.1, 0.15) is 11.4 Å². The number of fused-ring (bicyclic) bond motifs is 1. The van der Waals surface area contributed by atoms with Gasteiger partial charge < -0.3 is 15.4 Å². The molecule has 0 fully saturated rings. The molecule has 0 unspecified atom stereocenters. The van der Waals surface area contributed by atoms with Crippen LogP contribution < -0.4 is 10.6 Å². The number of rotatable bonds is 4. The highest BCUT2D eigenvalue weighted by Crippen LogP contribution is 2.23. The number of nitrogens with one attached hydrogen (secondary N) is 2. The fourth-order valence-electron chi connectivity index (χ4n) is 2.01. The smallest absolute Gasteiger partial charge is 0.407 e. The minimum absolute atomic E-state index is 0.184. The van der Waals surface area contributed by atoms with Gasteiger partial charge in [-0.1, -0.05) is 11.6 Å². The van der Waals surface area contributed by atoms with Crippen molar-refractivity contribution in [1.82, 2.24) is 15.3 Å². The van der Waals surface area contributed by atoms with Gasteiger partial charge in [-0.25, -0.2) is 14.8 Å². The summed E-state index contributed by atoms with van der Waals surface area (Å²) in [7, 11) is 0. The SMILES string of the molecule is Cc1ccc2nc(Cl)nc(NCCNC(=O)OC(C)(C)C)c2c1. The maximum atomic E-state index is 11.6. The number of ether oxygens (including phenoxy) is 1. The van der Waals surface area contributed by atoms with Crippen molar-refractivity contribution in [3.05, 3.63) is 29.0 Å². The number of amides is 1. The van der Waals surface area contributed by atoms with Crippen LogP contribution in [-0.2, 0) is 4.74 Å². The second-order valence-corrected chi connectivity index (χ2v) is 6.56. The van der Waals surface area contributed by atoms with Crippen LogP contribution in [0.2, 0.25) is 5.28 Å². The van der Waals surface area contributed by atoms with E-state index in [-0.39, 0.29) is 5.28 Å². The van der Waals surface area contributed by atoms with Gasteiger partial charge in [-0.2, -0.15) is 0 Å². The van der Waals surface area contributed by atoms with E-state index in [0.717, 1.165) is 16.5 Å². The molecule has 1 aromatic heterocycles. The van der Waals surface area contributed by atoms with Gasteiger partial charge in [-0.3, -0.25) is 0 Å². The molecule has 0 aliphatic carbocycles. The molecule has 1 aromatic carbocycles. The van der Waals surface area contributed by atoms with E-state index in [4.69, 9.17) is 16.3 Å². The van der Waals surface area contributed by atoms with Gasteiger partial charge in [0.2, 0.25) is 5.28 Å². The molecule has 1 heterocycles. The fraction of sp³-hybridized carbons (Fsp3) is 0.438. The van der Waals surface area contributed by atoms with E-state index in [2.05, 4.69) is 20.6 Å². The van der Waals surface area contributed by atoms with Crippen LogP contribution in [0.4, 0.5) is 10.6 Å². The van der Waals surface area contributed by atoms with Crippen LogP contribution >= 0.6 is 11.6 Å². The van der Waals surface area contributed by atoms with Gasteiger partial charge in [-0.05, 0) is 51.4 Å². The molecule has 2 rings (SSSR count). The maximum absolute atomic E-state index is 11.6. The minimum Gasteiger partial charge on any atom is -0.444 e. The van der Waals surface area contributed by atoms with Crippen molar-refractivity contribution in [1.29, 1.82) is 0 Å². The summed E-state index contributed by atoms with van der Waals surface area (Å²) in [5.74, 6) is 0.648. The quantitative estimate of drug-likeness (QED) is 0.660. The van der Waals surface area contributed by atoms with Crippen LogP contribution in [0.1, 0.15) is 26.3 Å². The standard InChI is InChI=1S/C16H21ClN4O2/c1-10-5-6-12-11(9-10)13(21-14(17)20-12)18-7-8-19-15(22)23-16(2,3)4/h5-6,9H,7-8H2,1-4H3,(H,19,22)(H,18,20,21). The molecule has 6 nitrogen and oxygen atoms in total. The fourth-order valence-corrected chi connectivity index (χ4v) is 2.18. The molecule has 0 aliphatic heterocycles. The largest absolute Gasteiger partial charge is 0.444 e. The molecule has 2 aromatic rings. The van der Waals surface area contributed by atoms with Crippen LogP contribution in [0.3, 0.4) is 0 Å². The average molecular weight is 337 g/mol. The predicted molar refractivity (Wildman–Crippen MR) is 92.0 cm³/mol. The van der Waals surface area contributed by atoms with Crippen LogP contribution in [0.15, 0.2) is 18.2 Å². The first kappa shape index (κ1) is 17.3. The molecule has 7 heteroatoms. The number of alkyl carbamates (subject to hydrolysis) is 1. The van der Waals surface area contributed by atoms with Crippen molar-refractivity contribution in [3.63, 3.8) is 0 Å². The first-order valence-corrected chi connectivity index (χ1v) is 7.77. The molecule has 124 valence electrons. The van der Waals surface area contributed by atoms with Crippen LogP contribution in [0.5, 0.6) is 0 Å². The number of carbonyl (C=O) groups excluding carboxylic acids is 1. The lowest BCUT2D eigenvalue weighted by atomic mass is 10.1. The number of nitrogens with zero attached hydrogens (tertiary/aromatic N) is 2. The molecular formula is C16H21ClN4O2. The zero-order valence-corrected chi connectivity index (χ0v) is 14.5. The molecule has 0 aliphatic rings. The lowest BCUT2D eigenvalue weighted by molar-refractivity contribution is 0.0530.